The van der Waals surface area contributed by atoms with Gasteiger partial charge in [-0.15, -0.1) is 0 Å². The molecular formula is C8H15N2O2-. The third kappa shape index (κ3) is 7.05. The first-order chi connectivity index (χ1) is 5.52. The van der Waals surface area contributed by atoms with E-state index in [1.807, 2.05) is 0 Å². The van der Waals surface area contributed by atoms with Gasteiger partial charge in [0.15, 0.2) is 0 Å². The van der Waals surface area contributed by atoms with E-state index in [1.165, 1.54) is 6.42 Å². The smallest absolute Gasteiger partial charge is 0.0939 e. The molecule has 4 nitrogen and oxygen atoms in total. The molecule has 1 aliphatic heterocycles. The topological polar surface area (TPSA) is 78.5 Å². The predicted octanol–water partition coefficient (Wildman–Crippen LogP) is -0.470. The van der Waals surface area contributed by atoms with E-state index in [9.17, 15) is 0 Å². The number of aliphatic carboxylic acids is 1. The second kappa shape index (κ2) is 5.57. The van der Waals surface area contributed by atoms with Gasteiger partial charge >= 0.3 is 0 Å². The Kier molecular flexibility index (Phi) is 5.08. The van der Waals surface area contributed by atoms with E-state index >= 15 is 0 Å². The van der Waals surface area contributed by atoms with Gasteiger partial charge in [-0.05, 0) is 19.3 Å². The van der Waals surface area contributed by atoms with Crippen molar-refractivity contribution in [3.05, 3.63) is 0 Å². The molecule has 0 radical (unpaired) electrons. The van der Waals surface area contributed by atoms with Gasteiger partial charge in [-0.3, -0.25) is 4.99 Å². The fourth-order valence-electron chi connectivity index (χ4n) is 0.952. The molecular weight excluding hydrogens is 156 g/mol. The molecule has 0 aromatic carbocycles. The van der Waals surface area contributed by atoms with E-state index in [0.717, 1.165) is 31.6 Å². The number of amidine groups is 1. The van der Waals surface area contributed by atoms with Crippen molar-refractivity contribution in [3.8, 4) is 0 Å². The summed E-state index contributed by atoms with van der Waals surface area (Å²) in [6, 6.07) is 0. The van der Waals surface area contributed by atoms with E-state index < -0.39 is 5.97 Å². The Morgan fingerprint density at radius 1 is 1.75 bits per heavy atom. The Balaban J connectivity index is 0.000000261. The number of carbonyl (C=O) groups is 1. The first-order valence-corrected chi connectivity index (χ1v) is 3.98. The molecule has 0 aliphatic carbocycles. The van der Waals surface area contributed by atoms with Gasteiger partial charge in [0, 0.05) is 18.9 Å². The highest BCUT2D eigenvalue weighted by Gasteiger charge is 2.07. The molecule has 4 heteroatoms. The molecule has 0 saturated heterocycles. The van der Waals surface area contributed by atoms with Gasteiger partial charge in [-0.1, -0.05) is 6.92 Å². The number of carboxylic acid groups (broad SMARTS) is 1. The summed E-state index contributed by atoms with van der Waals surface area (Å²) < 4.78 is 0. The number of rotatable bonds is 0. The van der Waals surface area contributed by atoms with Crippen LogP contribution in [0.4, 0.5) is 0 Å². The minimum atomic E-state index is -1.08. The van der Waals surface area contributed by atoms with Crippen LogP contribution in [0.25, 0.3) is 0 Å². The summed E-state index contributed by atoms with van der Waals surface area (Å²) >= 11 is 0. The van der Waals surface area contributed by atoms with Crippen molar-refractivity contribution in [1.82, 2.24) is 0 Å². The Bertz CT molecular complexity index is 174. The Morgan fingerprint density at radius 3 is 2.50 bits per heavy atom. The van der Waals surface area contributed by atoms with E-state index in [-0.39, 0.29) is 0 Å². The summed E-state index contributed by atoms with van der Waals surface area (Å²) in [6.45, 7) is 4.12. The number of nitrogens with two attached hydrogens (primary N) is 1. The van der Waals surface area contributed by atoms with Crippen LogP contribution < -0.4 is 10.8 Å². The highest BCUT2D eigenvalue weighted by Crippen LogP contribution is 2.11. The highest BCUT2D eigenvalue weighted by atomic mass is 16.4. The van der Waals surface area contributed by atoms with Crippen molar-refractivity contribution in [2.24, 2.45) is 16.6 Å². The van der Waals surface area contributed by atoms with E-state index in [2.05, 4.69) is 11.9 Å². The van der Waals surface area contributed by atoms with Crippen LogP contribution in [-0.2, 0) is 4.79 Å². The maximum Gasteiger partial charge on any atom is 0.0939 e. The molecule has 0 amide bonds. The molecule has 1 unspecified atom stereocenters. The fourth-order valence-corrected chi connectivity index (χ4v) is 0.952. The SMILES string of the molecule is CC(=O)[O-].CC1CCN=C(N)C1. The van der Waals surface area contributed by atoms with Crippen LogP contribution >= 0.6 is 0 Å². The molecule has 0 aromatic heterocycles. The molecule has 2 N–H and O–H groups in total. The van der Waals surface area contributed by atoms with Gasteiger partial charge in [0.25, 0.3) is 0 Å². The maximum absolute atomic E-state index is 8.89. The lowest BCUT2D eigenvalue weighted by atomic mass is 10.0. The average Bonchev–Trinajstić information content (AvgIpc) is 1.84. The van der Waals surface area contributed by atoms with Crippen LogP contribution in [0.2, 0.25) is 0 Å². The third-order valence-electron chi connectivity index (χ3n) is 1.49. The number of carboxylic acids is 1. The minimum Gasteiger partial charge on any atom is -0.550 e. The molecule has 1 rings (SSSR count). The van der Waals surface area contributed by atoms with Crippen LogP contribution in [-0.4, -0.2) is 18.3 Å². The van der Waals surface area contributed by atoms with E-state index in [0.29, 0.717) is 0 Å². The van der Waals surface area contributed by atoms with Gasteiger partial charge in [0.1, 0.15) is 0 Å². The molecule has 1 heterocycles. The van der Waals surface area contributed by atoms with Crippen LogP contribution in [0.5, 0.6) is 0 Å². The van der Waals surface area contributed by atoms with Crippen molar-refractivity contribution in [2.45, 2.75) is 26.7 Å². The van der Waals surface area contributed by atoms with Crippen molar-refractivity contribution >= 4 is 11.8 Å². The fraction of sp³-hybridized carbons (Fsp3) is 0.750. The summed E-state index contributed by atoms with van der Waals surface area (Å²) in [4.78, 5) is 13.0. The van der Waals surface area contributed by atoms with E-state index in [1.54, 1.807) is 0 Å². The molecule has 0 saturated carbocycles. The maximum atomic E-state index is 8.89. The van der Waals surface area contributed by atoms with Gasteiger partial charge < -0.3 is 15.6 Å². The second-order valence-electron chi connectivity index (χ2n) is 2.96. The molecule has 70 valence electrons. The minimum absolute atomic E-state index is 0.757. The first kappa shape index (κ1) is 10.9. The molecule has 0 fully saturated rings. The highest BCUT2D eigenvalue weighted by molar-refractivity contribution is 5.80. The Morgan fingerprint density at radius 2 is 2.25 bits per heavy atom. The quantitative estimate of drug-likeness (QED) is 0.535. The average molecular weight is 171 g/mol. The summed E-state index contributed by atoms with van der Waals surface area (Å²) in [6.07, 6.45) is 2.21. The van der Waals surface area contributed by atoms with Crippen LogP contribution in [0.1, 0.15) is 26.7 Å². The van der Waals surface area contributed by atoms with Crippen molar-refractivity contribution in [3.63, 3.8) is 0 Å². The van der Waals surface area contributed by atoms with Crippen LogP contribution in [0, 0.1) is 5.92 Å². The van der Waals surface area contributed by atoms with Crippen LogP contribution in [0.15, 0.2) is 4.99 Å². The summed E-state index contributed by atoms with van der Waals surface area (Å²) in [5.41, 5.74) is 5.48. The molecule has 12 heavy (non-hydrogen) atoms. The predicted molar refractivity (Wildman–Crippen MR) is 45.6 cm³/mol. The van der Waals surface area contributed by atoms with Crippen LogP contribution in [0.3, 0.4) is 0 Å². The second-order valence-corrected chi connectivity index (χ2v) is 2.96. The molecule has 0 bridgehead atoms. The zero-order valence-corrected chi connectivity index (χ0v) is 7.54. The number of carbonyl (C=O) groups excluding carboxylic acids is 1. The number of aliphatic imine (C=N–C) groups is 1. The van der Waals surface area contributed by atoms with E-state index in [4.69, 9.17) is 15.6 Å². The zero-order chi connectivity index (χ0) is 9.56. The van der Waals surface area contributed by atoms with Crippen molar-refractivity contribution in [2.75, 3.05) is 6.54 Å². The number of nitrogens with zero attached hydrogens (tertiary/aromatic N) is 1. The standard InChI is InChI=1S/C6H12N2.C2H4O2/c1-5-2-3-8-6(7)4-5;1-2(3)4/h5H,2-4H2,1H3,(H2,7,8);1H3,(H,3,4)/p-1. The summed E-state index contributed by atoms with van der Waals surface area (Å²) in [5.74, 6) is 0.510. The Hall–Kier alpha value is -1.06. The summed E-state index contributed by atoms with van der Waals surface area (Å²) in [7, 11) is 0. The van der Waals surface area contributed by atoms with Crippen molar-refractivity contribution < 1.29 is 9.90 Å². The lowest BCUT2D eigenvalue weighted by Gasteiger charge is -2.13. The number of hydrogen-bond donors (Lipinski definition) is 1. The van der Waals surface area contributed by atoms with Gasteiger partial charge in [0.05, 0.1) is 5.84 Å². The monoisotopic (exact) mass is 171 g/mol. The Labute approximate surface area is 72.5 Å². The molecule has 1 atom stereocenters. The third-order valence-corrected chi connectivity index (χ3v) is 1.49. The lowest BCUT2D eigenvalue weighted by molar-refractivity contribution is -0.302. The molecule has 0 spiro atoms. The zero-order valence-electron chi connectivity index (χ0n) is 7.54. The molecule has 0 aromatic rings. The van der Waals surface area contributed by atoms with Gasteiger partial charge in [0.2, 0.25) is 0 Å². The lowest BCUT2D eigenvalue weighted by Crippen LogP contribution is -2.20. The normalized spacial score (nSPS) is 21.8. The van der Waals surface area contributed by atoms with Gasteiger partial charge in [-0.2, -0.15) is 0 Å². The largest absolute Gasteiger partial charge is 0.550 e. The van der Waals surface area contributed by atoms with Crippen molar-refractivity contribution in [1.29, 1.82) is 0 Å². The number of hydrogen-bond acceptors (Lipinski definition) is 4. The molecule has 1 aliphatic rings. The first-order valence-electron chi connectivity index (χ1n) is 3.98. The van der Waals surface area contributed by atoms with Gasteiger partial charge in [-0.25, -0.2) is 0 Å². The summed E-state index contributed by atoms with van der Waals surface area (Å²) in [5, 5.41) is 8.89.